The summed E-state index contributed by atoms with van der Waals surface area (Å²) in [6, 6.07) is 11.3. The van der Waals surface area contributed by atoms with Gasteiger partial charge in [-0.2, -0.15) is 5.26 Å². The van der Waals surface area contributed by atoms with Crippen molar-refractivity contribution in [3.63, 3.8) is 0 Å². The Labute approximate surface area is 124 Å². The fourth-order valence-electron chi connectivity index (χ4n) is 3.56. The van der Waals surface area contributed by atoms with Crippen molar-refractivity contribution in [2.45, 2.75) is 76.5 Å². The van der Waals surface area contributed by atoms with Crippen LogP contribution in [0.25, 0.3) is 0 Å². The van der Waals surface area contributed by atoms with Crippen LogP contribution in [0.5, 0.6) is 0 Å². The van der Waals surface area contributed by atoms with Crippen LogP contribution in [0.2, 0.25) is 0 Å². The molecule has 1 atom stereocenters. The Hall–Kier alpha value is -1.29. The Morgan fingerprint density at radius 2 is 1.85 bits per heavy atom. The molecule has 1 aromatic carbocycles. The van der Waals surface area contributed by atoms with Crippen molar-refractivity contribution in [3.05, 3.63) is 35.4 Å². The van der Waals surface area contributed by atoms with Crippen molar-refractivity contribution in [2.75, 3.05) is 0 Å². The zero-order valence-electron chi connectivity index (χ0n) is 12.8. The third-order valence-electron chi connectivity index (χ3n) is 4.75. The van der Waals surface area contributed by atoms with Gasteiger partial charge in [0.2, 0.25) is 0 Å². The monoisotopic (exact) mass is 269 g/mol. The van der Waals surface area contributed by atoms with Crippen LogP contribution in [0.1, 0.15) is 75.8 Å². The van der Waals surface area contributed by atoms with Gasteiger partial charge in [-0.25, -0.2) is 0 Å². The number of aryl methyl sites for hydroxylation is 1. The van der Waals surface area contributed by atoms with E-state index in [0.717, 1.165) is 19.3 Å². The molecule has 0 radical (unpaired) electrons. The summed E-state index contributed by atoms with van der Waals surface area (Å²) >= 11 is 0. The molecule has 0 amide bonds. The Morgan fingerprint density at radius 1 is 1.10 bits per heavy atom. The van der Waals surface area contributed by atoms with E-state index < -0.39 is 0 Å². The van der Waals surface area contributed by atoms with E-state index in [1.165, 1.54) is 56.1 Å². The maximum atomic E-state index is 9.78. The number of fused-ring (bicyclic) bond motifs is 1. The minimum Gasteiger partial charge on any atom is -0.197 e. The van der Waals surface area contributed by atoms with Gasteiger partial charge >= 0.3 is 0 Å². The fraction of sp³-hybridized carbons (Fsp3) is 0.632. The zero-order valence-corrected chi connectivity index (χ0v) is 12.8. The highest BCUT2D eigenvalue weighted by Crippen LogP contribution is 2.40. The molecule has 108 valence electrons. The minimum atomic E-state index is -0.195. The Kier molecular flexibility index (Phi) is 5.65. The van der Waals surface area contributed by atoms with E-state index in [-0.39, 0.29) is 5.41 Å². The molecule has 1 unspecified atom stereocenters. The first-order valence-corrected chi connectivity index (χ1v) is 8.32. The standard InChI is InChI=1S/C19H27N/c1-2-3-4-5-6-9-14-19(16-20)15-10-12-17-11-7-8-13-18(17)19/h7-8,11,13H,2-6,9-10,12,14-15H2,1H3. The molecule has 1 nitrogen and oxygen atoms in total. The highest BCUT2D eigenvalue weighted by atomic mass is 14.4. The van der Waals surface area contributed by atoms with Crippen LogP contribution >= 0.6 is 0 Å². The van der Waals surface area contributed by atoms with Gasteiger partial charge in [0, 0.05) is 0 Å². The van der Waals surface area contributed by atoms with Gasteiger partial charge in [-0.05, 0) is 36.8 Å². The lowest BCUT2D eigenvalue weighted by Gasteiger charge is -2.33. The molecule has 0 bridgehead atoms. The number of hydrogen-bond donors (Lipinski definition) is 0. The molecule has 1 aliphatic carbocycles. The molecular formula is C19H27N. The molecule has 2 rings (SSSR count). The van der Waals surface area contributed by atoms with Gasteiger partial charge < -0.3 is 0 Å². The van der Waals surface area contributed by atoms with Crippen LogP contribution < -0.4 is 0 Å². The van der Waals surface area contributed by atoms with Gasteiger partial charge in [0.15, 0.2) is 0 Å². The third kappa shape index (κ3) is 3.42. The lowest BCUT2D eigenvalue weighted by atomic mass is 9.68. The third-order valence-corrected chi connectivity index (χ3v) is 4.75. The number of nitriles is 1. The summed E-state index contributed by atoms with van der Waals surface area (Å²) in [5.74, 6) is 0. The summed E-state index contributed by atoms with van der Waals surface area (Å²) in [6.45, 7) is 2.25. The van der Waals surface area contributed by atoms with Gasteiger partial charge in [0.1, 0.15) is 0 Å². The molecule has 1 aromatic rings. The fourth-order valence-corrected chi connectivity index (χ4v) is 3.56. The Bertz CT molecular complexity index is 457. The molecule has 20 heavy (non-hydrogen) atoms. The number of nitrogens with zero attached hydrogens (tertiary/aromatic N) is 1. The topological polar surface area (TPSA) is 23.8 Å². The summed E-state index contributed by atoms with van der Waals surface area (Å²) in [7, 11) is 0. The largest absolute Gasteiger partial charge is 0.197 e. The molecule has 1 heteroatoms. The summed E-state index contributed by atoms with van der Waals surface area (Å²) in [5.41, 5.74) is 2.54. The van der Waals surface area contributed by atoms with Gasteiger partial charge in [-0.3, -0.25) is 0 Å². The van der Waals surface area contributed by atoms with Gasteiger partial charge in [-0.15, -0.1) is 0 Å². The molecule has 0 aliphatic heterocycles. The average Bonchev–Trinajstić information content (AvgIpc) is 2.51. The van der Waals surface area contributed by atoms with Crippen LogP contribution in [0, 0.1) is 11.3 Å². The van der Waals surface area contributed by atoms with Crippen LogP contribution in [0.3, 0.4) is 0 Å². The summed E-state index contributed by atoms with van der Waals surface area (Å²) in [5, 5.41) is 9.78. The maximum absolute atomic E-state index is 9.78. The number of benzene rings is 1. The van der Waals surface area contributed by atoms with Crippen molar-refractivity contribution in [3.8, 4) is 6.07 Å². The predicted molar refractivity (Wildman–Crippen MR) is 84.7 cm³/mol. The molecular weight excluding hydrogens is 242 g/mol. The van der Waals surface area contributed by atoms with Crippen LogP contribution in [0.4, 0.5) is 0 Å². The molecule has 0 N–H and O–H groups in total. The van der Waals surface area contributed by atoms with Gasteiger partial charge in [-0.1, -0.05) is 69.7 Å². The van der Waals surface area contributed by atoms with Crippen molar-refractivity contribution < 1.29 is 0 Å². The van der Waals surface area contributed by atoms with Crippen LogP contribution in [-0.4, -0.2) is 0 Å². The van der Waals surface area contributed by atoms with Crippen molar-refractivity contribution in [1.29, 1.82) is 5.26 Å². The molecule has 1 aliphatic rings. The van der Waals surface area contributed by atoms with E-state index in [1.807, 2.05) is 0 Å². The van der Waals surface area contributed by atoms with E-state index in [1.54, 1.807) is 0 Å². The molecule has 0 saturated heterocycles. The van der Waals surface area contributed by atoms with Gasteiger partial charge in [0.05, 0.1) is 11.5 Å². The first-order chi connectivity index (χ1) is 9.82. The lowest BCUT2D eigenvalue weighted by Crippen LogP contribution is -2.29. The zero-order chi connectivity index (χ0) is 14.3. The first kappa shape index (κ1) is 15.1. The summed E-state index contributed by atoms with van der Waals surface area (Å²) in [4.78, 5) is 0. The van der Waals surface area contributed by atoms with E-state index in [4.69, 9.17) is 0 Å². The smallest absolute Gasteiger partial charge is 0.0825 e. The van der Waals surface area contributed by atoms with E-state index in [0.29, 0.717) is 0 Å². The van der Waals surface area contributed by atoms with Crippen LogP contribution in [-0.2, 0) is 11.8 Å². The van der Waals surface area contributed by atoms with Gasteiger partial charge in [0.25, 0.3) is 0 Å². The Morgan fingerprint density at radius 3 is 2.65 bits per heavy atom. The molecule has 0 aromatic heterocycles. The maximum Gasteiger partial charge on any atom is 0.0825 e. The quantitative estimate of drug-likeness (QED) is 0.597. The normalized spacial score (nSPS) is 21.2. The average molecular weight is 269 g/mol. The van der Waals surface area contributed by atoms with E-state index in [9.17, 15) is 5.26 Å². The second-order valence-corrected chi connectivity index (χ2v) is 6.22. The second kappa shape index (κ2) is 7.48. The number of hydrogen-bond acceptors (Lipinski definition) is 1. The highest BCUT2D eigenvalue weighted by molar-refractivity contribution is 5.41. The minimum absolute atomic E-state index is 0.195. The second-order valence-electron chi connectivity index (χ2n) is 6.22. The van der Waals surface area contributed by atoms with E-state index >= 15 is 0 Å². The first-order valence-electron chi connectivity index (χ1n) is 8.32. The van der Waals surface area contributed by atoms with Crippen molar-refractivity contribution in [2.24, 2.45) is 0 Å². The van der Waals surface area contributed by atoms with Crippen molar-refractivity contribution >= 4 is 0 Å². The van der Waals surface area contributed by atoms with Crippen molar-refractivity contribution in [1.82, 2.24) is 0 Å². The predicted octanol–water partition coefficient (Wildman–Crippen LogP) is 5.53. The molecule has 0 heterocycles. The molecule has 0 saturated carbocycles. The molecule has 0 spiro atoms. The molecule has 0 fully saturated rings. The number of unbranched alkanes of at least 4 members (excludes halogenated alkanes) is 5. The summed E-state index contributed by atoms with van der Waals surface area (Å²) in [6.07, 6.45) is 12.2. The Balaban J connectivity index is 1.96. The van der Waals surface area contributed by atoms with E-state index in [2.05, 4.69) is 37.3 Å². The summed E-state index contributed by atoms with van der Waals surface area (Å²) < 4.78 is 0. The SMILES string of the molecule is CCCCCCCCC1(C#N)CCCc2ccccc21. The lowest BCUT2D eigenvalue weighted by molar-refractivity contribution is 0.401. The van der Waals surface area contributed by atoms with Crippen LogP contribution in [0.15, 0.2) is 24.3 Å². The highest BCUT2D eigenvalue weighted by Gasteiger charge is 2.35. The number of rotatable bonds is 7.